The molecule has 10 heteroatoms. The number of thiol groups is 1. The normalized spacial score (nSPS) is 12.3. The van der Waals surface area contributed by atoms with Crippen molar-refractivity contribution in [1.29, 1.82) is 0 Å². The number of hydrogen-bond acceptors (Lipinski definition) is 7. The van der Waals surface area contributed by atoms with E-state index in [1.807, 2.05) is 0 Å². The Morgan fingerprint density at radius 2 is 2.17 bits per heavy atom. The highest BCUT2D eigenvalue weighted by Crippen LogP contribution is 2.32. The molecule has 1 aromatic carbocycles. The van der Waals surface area contributed by atoms with Gasteiger partial charge in [-0.05, 0) is 12.1 Å². The third-order valence-electron chi connectivity index (χ3n) is 3.01. The summed E-state index contributed by atoms with van der Waals surface area (Å²) >= 11 is 5.70. The molecule has 118 valence electrons. The van der Waals surface area contributed by atoms with E-state index in [4.69, 9.17) is 5.73 Å². The topological polar surface area (TPSA) is 127 Å². The number of aromatic nitrogens is 4. The van der Waals surface area contributed by atoms with Crippen molar-refractivity contribution >= 4 is 51.9 Å². The number of carbonyl (C=O) groups is 2. The number of imidazole rings is 1. The predicted octanol–water partition coefficient (Wildman–Crippen LogP) is 1.49. The Kier molecular flexibility index (Phi) is 4.01. The fraction of sp³-hybridized carbons (Fsp3) is 0.154. The Labute approximate surface area is 139 Å². The molecule has 0 aliphatic heterocycles. The van der Waals surface area contributed by atoms with Gasteiger partial charge in [-0.15, -0.1) is 10.2 Å². The van der Waals surface area contributed by atoms with Crippen LogP contribution in [-0.2, 0) is 4.79 Å². The smallest absolute Gasteiger partial charge is 0.250 e. The molecule has 0 bridgehead atoms. The summed E-state index contributed by atoms with van der Waals surface area (Å²) in [7, 11) is 0. The van der Waals surface area contributed by atoms with Crippen LogP contribution in [0.3, 0.4) is 0 Å². The quantitative estimate of drug-likeness (QED) is 0.531. The zero-order chi connectivity index (χ0) is 16.6. The molecule has 8 nitrogen and oxygen atoms in total. The summed E-state index contributed by atoms with van der Waals surface area (Å²) in [5.41, 5.74) is 6.86. The summed E-state index contributed by atoms with van der Waals surface area (Å²) in [6, 6.07) is 5.13. The number of nitrogens with zero attached hydrogens (tertiary/aromatic N) is 3. The second-order valence-electron chi connectivity index (χ2n) is 4.72. The lowest BCUT2D eigenvalue weighted by molar-refractivity contribution is -0.114. The monoisotopic (exact) mass is 348 g/mol. The molecule has 0 saturated heterocycles. The van der Waals surface area contributed by atoms with Crippen molar-refractivity contribution < 1.29 is 9.59 Å². The maximum absolute atomic E-state index is 11.5. The van der Waals surface area contributed by atoms with Crippen LogP contribution in [0.1, 0.15) is 33.4 Å². The van der Waals surface area contributed by atoms with Crippen LogP contribution < -0.4 is 11.1 Å². The molecule has 2 aromatic heterocycles. The Hall–Kier alpha value is -2.46. The summed E-state index contributed by atoms with van der Waals surface area (Å²) in [4.78, 5) is 30.0. The van der Waals surface area contributed by atoms with Gasteiger partial charge in [-0.25, -0.2) is 4.98 Å². The van der Waals surface area contributed by atoms with Crippen LogP contribution in [-0.4, -0.2) is 32.0 Å². The fourth-order valence-corrected chi connectivity index (χ4v) is 3.15. The van der Waals surface area contributed by atoms with Crippen molar-refractivity contribution in [2.45, 2.75) is 12.2 Å². The Bertz CT molecular complexity index is 903. The first-order chi connectivity index (χ1) is 11.0. The highest BCUT2D eigenvalue weighted by molar-refractivity contribution is 7.80. The van der Waals surface area contributed by atoms with Gasteiger partial charge in [0.05, 0.1) is 11.1 Å². The number of fused-ring (bicyclic) bond motifs is 1. The summed E-state index contributed by atoms with van der Waals surface area (Å²) in [6.45, 7) is 1.39. The van der Waals surface area contributed by atoms with Gasteiger partial charge in [0.15, 0.2) is 0 Å². The Morgan fingerprint density at radius 1 is 1.39 bits per heavy atom. The number of carbonyl (C=O) groups excluding carboxylic acids is 2. The van der Waals surface area contributed by atoms with Gasteiger partial charge in [-0.1, -0.05) is 17.4 Å². The van der Waals surface area contributed by atoms with E-state index >= 15 is 0 Å². The van der Waals surface area contributed by atoms with Gasteiger partial charge < -0.3 is 16.0 Å². The molecule has 0 fully saturated rings. The number of nitrogens with one attached hydrogen (secondary N) is 2. The van der Waals surface area contributed by atoms with Crippen LogP contribution in [0.2, 0.25) is 0 Å². The van der Waals surface area contributed by atoms with Gasteiger partial charge >= 0.3 is 0 Å². The van der Waals surface area contributed by atoms with Crippen molar-refractivity contribution in [1.82, 2.24) is 20.2 Å². The number of H-pyrrole nitrogens is 1. The number of hydrogen-bond donors (Lipinski definition) is 4. The lowest BCUT2D eigenvalue weighted by Gasteiger charge is -2.01. The standard InChI is InChI=1S/C13H12N6O2S2/c1-5(20)15-13-19-18-12(23-13)9(22)11-16-7-4-2-3-6(10(14)21)8(7)17-11/h2-4,9,22H,1H3,(H2,14,21)(H,16,17)(H,15,19,20). The third-order valence-corrected chi connectivity index (χ3v) is 4.58. The lowest BCUT2D eigenvalue weighted by atomic mass is 10.2. The van der Waals surface area contributed by atoms with Crippen LogP contribution >= 0.6 is 24.0 Å². The molecule has 1 unspecified atom stereocenters. The van der Waals surface area contributed by atoms with Crippen LogP contribution in [0.4, 0.5) is 5.13 Å². The molecular weight excluding hydrogens is 336 g/mol. The molecule has 0 aliphatic carbocycles. The maximum Gasteiger partial charge on any atom is 0.250 e. The van der Waals surface area contributed by atoms with Crippen LogP contribution in [0.25, 0.3) is 11.0 Å². The first-order valence-electron chi connectivity index (χ1n) is 6.53. The van der Waals surface area contributed by atoms with Gasteiger partial charge in [-0.2, -0.15) is 12.6 Å². The highest BCUT2D eigenvalue weighted by Gasteiger charge is 2.20. The average molecular weight is 348 g/mol. The van der Waals surface area contributed by atoms with E-state index in [0.29, 0.717) is 32.6 Å². The van der Waals surface area contributed by atoms with Gasteiger partial charge in [0, 0.05) is 6.92 Å². The number of aromatic amines is 1. The molecule has 0 aliphatic rings. The van der Waals surface area contributed by atoms with E-state index in [1.54, 1.807) is 18.2 Å². The van der Waals surface area contributed by atoms with Crippen molar-refractivity contribution in [3.05, 3.63) is 34.6 Å². The van der Waals surface area contributed by atoms with E-state index in [0.717, 1.165) is 0 Å². The number of rotatable bonds is 4. The molecule has 0 saturated carbocycles. The van der Waals surface area contributed by atoms with Gasteiger partial charge in [-0.3, -0.25) is 9.59 Å². The van der Waals surface area contributed by atoms with Crippen LogP contribution in [0.5, 0.6) is 0 Å². The van der Waals surface area contributed by atoms with Crippen molar-refractivity contribution in [3.63, 3.8) is 0 Å². The molecule has 2 amide bonds. The van der Waals surface area contributed by atoms with E-state index in [2.05, 4.69) is 38.1 Å². The van der Waals surface area contributed by atoms with E-state index < -0.39 is 11.2 Å². The van der Waals surface area contributed by atoms with Gasteiger partial charge in [0.2, 0.25) is 11.0 Å². The summed E-state index contributed by atoms with van der Waals surface area (Å²) in [5, 5.41) is 10.9. The maximum atomic E-state index is 11.5. The number of anilines is 1. The van der Waals surface area contributed by atoms with E-state index in [-0.39, 0.29) is 5.91 Å². The van der Waals surface area contributed by atoms with Crippen LogP contribution in [0, 0.1) is 0 Å². The van der Waals surface area contributed by atoms with Gasteiger partial charge in [0.25, 0.3) is 5.91 Å². The second kappa shape index (κ2) is 5.97. The minimum Gasteiger partial charge on any atom is -0.366 e. The van der Waals surface area contributed by atoms with Gasteiger partial charge in [0.1, 0.15) is 21.6 Å². The summed E-state index contributed by atoms with van der Waals surface area (Å²) in [6.07, 6.45) is 0. The molecule has 2 heterocycles. The number of nitrogens with two attached hydrogens (primary N) is 1. The molecule has 1 atom stereocenters. The third kappa shape index (κ3) is 3.03. The molecule has 3 aromatic rings. The number of benzene rings is 1. The van der Waals surface area contributed by atoms with Crippen molar-refractivity contribution in [2.75, 3.05) is 5.32 Å². The Morgan fingerprint density at radius 3 is 2.87 bits per heavy atom. The second-order valence-corrected chi connectivity index (χ2v) is 6.24. The number of primary amides is 1. The van der Waals surface area contributed by atoms with Crippen LogP contribution in [0.15, 0.2) is 18.2 Å². The van der Waals surface area contributed by atoms with E-state index in [9.17, 15) is 9.59 Å². The average Bonchev–Trinajstić information content (AvgIpc) is 3.11. The molecule has 23 heavy (non-hydrogen) atoms. The zero-order valence-electron chi connectivity index (χ0n) is 11.9. The summed E-state index contributed by atoms with van der Waals surface area (Å²) < 4.78 is 0. The number of amides is 2. The molecule has 4 N–H and O–H groups in total. The first kappa shape index (κ1) is 15.4. The molecule has 0 spiro atoms. The highest BCUT2D eigenvalue weighted by atomic mass is 32.1. The predicted molar refractivity (Wildman–Crippen MR) is 89.7 cm³/mol. The minimum absolute atomic E-state index is 0.224. The molecule has 3 rings (SSSR count). The molecular formula is C13H12N6O2S2. The fourth-order valence-electron chi connectivity index (χ4n) is 2.04. The largest absolute Gasteiger partial charge is 0.366 e. The number of para-hydroxylation sites is 1. The molecule has 0 radical (unpaired) electrons. The Balaban J connectivity index is 1.96. The SMILES string of the molecule is CC(=O)Nc1nnc(C(S)c2nc3c(C(N)=O)cccc3[nH]2)s1. The zero-order valence-corrected chi connectivity index (χ0v) is 13.6. The lowest BCUT2D eigenvalue weighted by Crippen LogP contribution is -2.11. The van der Waals surface area contributed by atoms with Crippen molar-refractivity contribution in [3.8, 4) is 0 Å². The minimum atomic E-state index is -0.548. The van der Waals surface area contributed by atoms with Crippen molar-refractivity contribution in [2.24, 2.45) is 5.73 Å². The summed E-state index contributed by atoms with van der Waals surface area (Å²) in [5.74, 6) is -0.256. The van der Waals surface area contributed by atoms with E-state index in [1.165, 1.54) is 18.3 Å². The first-order valence-corrected chi connectivity index (χ1v) is 7.86.